The van der Waals surface area contributed by atoms with Gasteiger partial charge in [0.2, 0.25) is 11.8 Å². The number of rotatable bonds is 13. The van der Waals surface area contributed by atoms with Crippen molar-refractivity contribution in [3.63, 3.8) is 0 Å². The lowest BCUT2D eigenvalue weighted by molar-refractivity contribution is -0.139. The molecule has 0 aliphatic carbocycles. The monoisotopic (exact) mass is 677 g/mol. The van der Waals surface area contributed by atoms with Gasteiger partial charge in [-0.3, -0.25) is 13.9 Å². The van der Waals surface area contributed by atoms with Crippen molar-refractivity contribution in [1.29, 1.82) is 0 Å². The Kier molecular flexibility index (Phi) is 11.2. The van der Waals surface area contributed by atoms with E-state index in [4.69, 9.17) is 4.74 Å². The van der Waals surface area contributed by atoms with Crippen LogP contribution in [0.4, 0.5) is 5.69 Å². The Hall–Kier alpha value is -4.15. The van der Waals surface area contributed by atoms with E-state index in [2.05, 4.69) is 21.2 Å². The molecule has 44 heavy (non-hydrogen) atoms. The first-order valence-corrected chi connectivity index (χ1v) is 16.5. The highest BCUT2D eigenvalue weighted by atomic mass is 79.9. The molecule has 4 aromatic carbocycles. The van der Waals surface area contributed by atoms with Gasteiger partial charge in [0.25, 0.3) is 10.0 Å². The molecule has 8 nitrogen and oxygen atoms in total. The topological polar surface area (TPSA) is 96.0 Å². The fraction of sp³-hybridized carbons (Fsp3) is 0.235. The van der Waals surface area contributed by atoms with Gasteiger partial charge in [-0.25, -0.2) is 8.42 Å². The summed E-state index contributed by atoms with van der Waals surface area (Å²) in [4.78, 5) is 29.3. The van der Waals surface area contributed by atoms with Gasteiger partial charge in [0.05, 0.1) is 17.2 Å². The molecule has 0 bridgehead atoms. The molecule has 0 fully saturated rings. The zero-order valence-electron chi connectivity index (χ0n) is 24.9. The Balaban J connectivity index is 1.79. The van der Waals surface area contributed by atoms with Crippen molar-refractivity contribution >= 4 is 43.5 Å². The van der Waals surface area contributed by atoms with Crippen LogP contribution in [0.1, 0.15) is 23.6 Å². The summed E-state index contributed by atoms with van der Waals surface area (Å²) in [6.07, 6.45) is 0.251. The van der Waals surface area contributed by atoms with Crippen LogP contribution in [-0.2, 0) is 32.6 Å². The van der Waals surface area contributed by atoms with E-state index in [1.54, 1.807) is 36.4 Å². The van der Waals surface area contributed by atoms with Gasteiger partial charge in [-0.2, -0.15) is 0 Å². The van der Waals surface area contributed by atoms with E-state index in [0.29, 0.717) is 18.0 Å². The van der Waals surface area contributed by atoms with Crippen LogP contribution >= 0.6 is 15.9 Å². The van der Waals surface area contributed by atoms with Gasteiger partial charge < -0.3 is 15.0 Å². The van der Waals surface area contributed by atoms with Gasteiger partial charge in [0, 0.05) is 24.5 Å². The summed E-state index contributed by atoms with van der Waals surface area (Å²) >= 11 is 3.36. The van der Waals surface area contributed by atoms with Crippen LogP contribution in [0.5, 0.6) is 5.75 Å². The van der Waals surface area contributed by atoms with Crippen molar-refractivity contribution in [2.45, 2.75) is 37.8 Å². The molecule has 0 spiro atoms. The van der Waals surface area contributed by atoms with Crippen LogP contribution < -0.4 is 14.4 Å². The average molecular weight is 679 g/mol. The predicted molar refractivity (Wildman–Crippen MR) is 176 cm³/mol. The molecule has 0 heterocycles. The van der Waals surface area contributed by atoms with Crippen molar-refractivity contribution in [3.8, 4) is 5.75 Å². The Morgan fingerprint density at radius 1 is 0.886 bits per heavy atom. The molecule has 0 saturated heterocycles. The summed E-state index contributed by atoms with van der Waals surface area (Å²) in [7, 11) is -2.66. The molecule has 0 radical (unpaired) electrons. The highest BCUT2D eigenvalue weighted by molar-refractivity contribution is 9.10. The number of carbonyl (C=O) groups excluding carboxylic acids is 2. The fourth-order valence-electron chi connectivity index (χ4n) is 4.83. The van der Waals surface area contributed by atoms with E-state index in [1.165, 1.54) is 24.1 Å². The maximum atomic E-state index is 14.4. The minimum absolute atomic E-state index is 0.0278. The summed E-state index contributed by atoms with van der Waals surface area (Å²) in [6, 6.07) is 29.0. The Morgan fingerprint density at radius 2 is 1.52 bits per heavy atom. The number of amides is 2. The second-order valence-electron chi connectivity index (χ2n) is 10.2. The first-order chi connectivity index (χ1) is 21.1. The van der Waals surface area contributed by atoms with Crippen LogP contribution in [0.15, 0.2) is 112 Å². The molecular weight excluding hydrogens is 642 g/mol. The molecule has 0 aliphatic rings. The molecular formula is C34H36BrN3O5S. The number of sulfonamides is 1. The number of halogens is 1. The summed E-state index contributed by atoms with van der Waals surface area (Å²) in [5.41, 5.74) is 2.97. The van der Waals surface area contributed by atoms with Gasteiger partial charge in [-0.15, -0.1) is 0 Å². The number of likely N-dealkylation sites (N-methyl/N-ethyl adjacent to an activating group) is 1. The van der Waals surface area contributed by atoms with Crippen molar-refractivity contribution < 1.29 is 22.7 Å². The minimum Gasteiger partial charge on any atom is -0.494 e. The summed E-state index contributed by atoms with van der Waals surface area (Å²) in [6.45, 7) is 3.84. The first kappa shape index (κ1) is 32.8. The molecule has 2 amide bonds. The molecule has 1 atom stereocenters. The molecule has 4 rings (SSSR count). The van der Waals surface area contributed by atoms with Crippen LogP contribution in [-0.4, -0.2) is 51.4 Å². The van der Waals surface area contributed by atoms with Crippen LogP contribution in [0, 0.1) is 6.92 Å². The lowest BCUT2D eigenvalue weighted by atomic mass is 10.0. The van der Waals surface area contributed by atoms with Gasteiger partial charge in [0.15, 0.2) is 0 Å². The number of anilines is 1. The van der Waals surface area contributed by atoms with Gasteiger partial charge in [-0.05, 0) is 79.1 Å². The van der Waals surface area contributed by atoms with Gasteiger partial charge >= 0.3 is 0 Å². The zero-order chi connectivity index (χ0) is 31.7. The van der Waals surface area contributed by atoms with E-state index in [0.717, 1.165) is 25.5 Å². The summed E-state index contributed by atoms with van der Waals surface area (Å²) < 4.78 is 35.6. The number of carbonyl (C=O) groups is 2. The lowest BCUT2D eigenvalue weighted by Gasteiger charge is -2.34. The van der Waals surface area contributed by atoms with Gasteiger partial charge in [-0.1, -0.05) is 70.5 Å². The molecule has 230 valence electrons. The van der Waals surface area contributed by atoms with Gasteiger partial charge in [0.1, 0.15) is 18.3 Å². The first-order valence-electron chi connectivity index (χ1n) is 14.2. The van der Waals surface area contributed by atoms with Crippen molar-refractivity contribution in [2.24, 2.45) is 0 Å². The zero-order valence-corrected chi connectivity index (χ0v) is 27.3. The standard InChI is InChI=1S/C34H36BrN3O5S/c1-4-43-30-18-16-29(17-19-30)38(44(41,42)31-20-14-28(35)15-21-31)24-33(39)37(23-27-13-9-8-10-25(27)2)32(34(40)36-3)22-26-11-6-5-7-12-26/h5-21,32H,4,22-24H2,1-3H3,(H,36,40)/t32-/m1/s1. The largest absolute Gasteiger partial charge is 0.494 e. The van der Waals surface area contributed by atoms with Crippen molar-refractivity contribution in [1.82, 2.24) is 10.2 Å². The Morgan fingerprint density at radius 3 is 2.14 bits per heavy atom. The molecule has 0 aliphatic heterocycles. The normalized spacial score (nSPS) is 11.8. The second-order valence-corrected chi connectivity index (χ2v) is 12.9. The predicted octanol–water partition coefficient (Wildman–Crippen LogP) is 5.74. The summed E-state index contributed by atoms with van der Waals surface area (Å²) in [5, 5.41) is 2.70. The molecule has 0 saturated carbocycles. The number of hydrogen-bond donors (Lipinski definition) is 1. The Bertz CT molecular complexity index is 1660. The van der Waals surface area contributed by atoms with E-state index < -0.39 is 28.5 Å². The van der Waals surface area contributed by atoms with E-state index in [1.807, 2.05) is 68.4 Å². The third kappa shape index (κ3) is 8.06. The third-order valence-electron chi connectivity index (χ3n) is 7.24. The number of ether oxygens (including phenoxy) is 1. The smallest absolute Gasteiger partial charge is 0.264 e. The maximum absolute atomic E-state index is 14.4. The van der Waals surface area contributed by atoms with Crippen molar-refractivity contribution in [3.05, 3.63) is 124 Å². The molecule has 1 N–H and O–H groups in total. The van der Waals surface area contributed by atoms with E-state index >= 15 is 0 Å². The minimum atomic E-state index is -4.19. The average Bonchev–Trinajstić information content (AvgIpc) is 3.03. The van der Waals surface area contributed by atoms with Crippen LogP contribution in [0.3, 0.4) is 0 Å². The van der Waals surface area contributed by atoms with Crippen LogP contribution in [0.2, 0.25) is 0 Å². The lowest BCUT2D eigenvalue weighted by Crippen LogP contribution is -2.53. The SMILES string of the molecule is CCOc1ccc(N(CC(=O)N(Cc2ccccc2C)[C@H](Cc2ccccc2)C(=O)NC)S(=O)(=O)c2ccc(Br)cc2)cc1. The number of hydrogen-bond acceptors (Lipinski definition) is 5. The summed E-state index contributed by atoms with van der Waals surface area (Å²) in [5.74, 6) is -0.293. The molecule has 4 aromatic rings. The third-order valence-corrected chi connectivity index (χ3v) is 9.55. The number of nitrogens with zero attached hydrogens (tertiary/aromatic N) is 2. The fourth-order valence-corrected chi connectivity index (χ4v) is 6.51. The number of nitrogens with one attached hydrogen (secondary N) is 1. The van der Waals surface area contributed by atoms with Crippen molar-refractivity contribution in [2.75, 3.05) is 24.5 Å². The highest BCUT2D eigenvalue weighted by Gasteiger charge is 2.34. The van der Waals surface area contributed by atoms with E-state index in [9.17, 15) is 18.0 Å². The molecule has 0 aromatic heterocycles. The highest BCUT2D eigenvalue weighted by Crippen LogP contribution is 2.28. The quantitative estimate of drug-likeness (QED) is 0.195. The second kappa shape index (κ2) is 15.0. The van der Waals surface area contributed by atoms with E-state index in [-0.39, 0.29) is 23.8 Å². The number of aryl methyl sites for hydroxylation is 1. The Labute approximate surface area is 267 Å². The van der Waals surface area contributed by atoms with Crippen LogP contribution in [0.25, 0.3) is 0 Å². The number of benzene rings is 4. The maximum Gasteiger partial charge on any atom is 0.264 e. The molecule has 0 unspecified atom stereocenters. The molecule has 10 heteroatoms.